The quantitative estimate of drug-likeness (QED) is 0.390. The maximum atomic E-state index is 12.9. The Balaban J connectivity index is 1.55. The van der Waals surface area contributed by atoms with Gasteiger partial charge >= 0.3 is 0 Å². The van der Waals surface area contributed by atoms with E-state index >= 15 is 0 Å². The highest BCUT2D eigenvalue weighted by atomic mass is 32.2. The normalized spacial score (nSPS) is 15.4. The second-order valence-electron chi connectivity index (χ2n) is 9.07. The average molecular weight is 490 g/mol. The minimum absolute atomic E-state index is 0.111. The summed E-state index contributed by atoms with van der Waals surface area (Å²) in [5.74, 6) is 1.38. The summed E-state index contributed by atoms with van der Waals surface area (Å²) >= 11 is 1.35. The molecule has 0 saturated heterocycles. The first-order valence-corrected chi connectivity index (χ1v) is 12.3. The molecule has 0 unspecified atom stereocenters. The molecular formula is C26H27N5O3S. The van der Waals surface area contributed by atoms with Gasteiger partial charge in [0.1, 0.15) is 11.6 Å². The number of fused-ring (bicyclic) bond motifs is 3. The predicted molar refractivity (Wildman–Crippen MR) is 136 cm³/mol. The molecule has 8 nitrogen and oxygen atoms in total. The van der Waals surface area contributed by atoms with Crippen molar-refractivity contribution in [2.24, 2.45) is 0 Å². The first-order chi connectivity index (χ1) is 16.8. The van der Waals surface area contributed by atoms with Gasteiger partial charge in [0.15, 0.2) is 10.8 Å². The number of benzene rings is 2. The van der Waals surface area contributed by atoms with Crippen LogP contribution in [0, 0.1) is 0 Å². The molecule has 3 heterocycles. The van der Waals surface area contributed by atoms with Gasteiger partial charge in [-0.2, -0.15) is 0 Å². The van der Waals surface area contributed by atoms with Crippen molar-refractivity contribution in [2.45, 2.75) is 49.8 Å². The van der Waals surface area contributed by atoms with Gasteiger partial charge in [0.25, 0.3) is 0 Å². The number of methoxy groups -OCH3 is 1. The Bertz CT molecular complexity index is 1370. The summed E-state index contributed by atoms with van der Waals surface area (Å²) in [6, 6.07) is 17.2. The topological polar surface area (TPSA) is 90.6 Å². The molecule has 0 radical (unpaired) electrons. The zero-order chi connectivity index (χ0) is 24.6. The maximum Gasteiger partial charge on any atom is 0.237 e. The summed E-state index contributed by atoms with van der Waals surface area (Å²) in [5, 5.41) is 12.1. The van der Waals surface area contributed by atoms with E-state index in [0.29, 0.717) is 23.8 Å². The van der Waals surface area contributed by atoms with Crippen molar-refractivity contribution < 1.29 is 14.3 Å². The third-order valence-corrected chi connectivity index (χ3v) is 6.99. The van der Waals surface area contributed by atoms with E-state index in [1.165, 1.54) is 11.8 Å². The number of nitrogens with one attached hydrogen (secondary N) is 1. The van der Waals surface area contributed by atoms with Gasteiger partial charge in [-0.25, -0.2) is 4.98 Å². The van der Waals surface area contributed by atoms with Crippen LogP contribution in [-0.2, 0) is 22.6 Å². The van der Waals surface area contributed by atoms with Crippen molar-refractivity contribution in [1.29, 1.82) is 0 Å². The van der Waals surface area contributed by atoms with Crippen LogP contribution in [0.25, 0.3) is 17.0 Å². The second-order valence-corrected chi connectivity index (χ2v) is 10.4. The Morgan fingerprint density at radius 2 is 1.89 bits per heavy atom. The average Bonchev–Trinajstić information content (AvgIpc) is 3.27. The lowest BCUT2D eigenvalue weighted by Crippen LogP contribution is -2.33. The van der Waals surface area contributed by atoms with Crippen molar-refractivity contribution in [3.63, 3.8) is 0 Å². The fraction of sp³-hybridized carbons (Fsp3) is 0.308. The molecule has 0 fully saturated rings. The Kier molecular flexibility index (Phi) is 6.21. The second kappa shape index (κ2) is 9.31. The number of carbonyl (C=O) groups excluding carboxylic acids is 1. The first kappa shape index (κ1) is 23.3. The Hall–Kier alpha value is -3.43. The van der Waals surface area contributed by atoms with Crippen LogP contribution in [0.1, 0.15) is 32.0 Å². The van der Waals surface area contributed by atoms with Crippen molar-refractivity contribution >= 4 is 29.0 Å². The lowest BCUT2D eigenvalue weighted by Gasteiger charge is -2.31. The molecule has 1 aliphatic heterocycles. The number of para-hydroxylation sites is 1. The minimum Gasteiger partial charge on any atom is -0.497 e. The van der Waals surface area contributed by atoms with Gasteiger partial charge in [0, 0.05) is 23.2 Å². The monoisotopic (exact) mass is 489 g/mol. The van der Waals surface area contributed by atoms with Crippen LogP contribution >= 0.6 is 11.8 Å². The number of anilines is 1. The van der Waals surface area contributed by atoms with Gasteiger partial charge in [-0.1, -0.05) is 30.0 Å². The fourth-order valence-corrected chi connectivity index (χ4v) is 4.88. The summed E-state index contributed by atoms with van der Waals surface area (Å²) in [4.78, 5) is 17.9. The number of nitrogens with zero attached hydrogens (tertiary/aromatic N) is 4. The Morgan fingerprint density at radius 1 is 1.14 bits per heavy atom. The zero-order valence-corrected chi connectivity index (χ0v) is 20.9. The number of aromatic nitrogens is 4. The van der Waals surface area contributed by atoms with E-state index in [1.807, 2.05) is 65.9 Å². The van der Waals surface area contributed by atoms with E-state index in [-0.39, 0.29) is 11.5 Å². The summed E-state index contributed by atoms with van der Waals surface area (Å²) < 4.78 is 13.3. The van der Waals surface area contributed by atoms with E-state index in [9.17, 15) is 4.79 Å². The van der Waals surface area contributed by atoms with E-state index in [2.05, 4.69) is 29.4 Å². The van der Waals surface area contributed by atoms with Crippen LogP contribution in [0.3, 0.4) is 0 Å². The van der Waals surface area contributed by atoms with Gasteiger partial charge in [-0.3, -0.25) is 9.20 Å². The number of ether oxygens (including phenoxy) is 2. The molecule has 2 aromatic heterocycles. The molecule has 5 rings (SSSR count). The molecule has 2 aromatic carbocycles. The van der Waals surface area contributed by atoms with E-state index < -0.39 is 5.25 Å². The van der Waals surface area contributed by atoms with Crippen molar-refractivity contribution in [2.75, 3.05) is 12.4 Å². The van der Waals surface area contributed by atoms with Gasteiger partial charge in [0.05, 0.1) is 30.3 Å². The smallest absolute Gasteiger partial charge is 0.237 e. The zero-order valence-electron chi connectivity index (χ0n) is 20.1. The molecule has 180 valence electrons. The Morgan fingerprint density at radius 3 is 2.60 bits per heavy atom. The van der Waals surface area contributed by atoms with E-state index in [1.54, 1.807) is 7.11 Å². The molecule has 0 aliphatic carbocycles. The van der Waals surface area contributed by atoms with Crippen LogP contribution in [0.5, 0.6) is 5.75 Å². The first-order valence-electron chi connectivity index (χ1n) is 11.4. The summed E-state index contributed by atoms with van der Waals surface area (Å²) in [6.07, 6.45) is 0.674. The molecule has 35 heavy (non-hydrogen) atoms. The molecule has 9 heteroatoms. The number of hydrogen-bond acceptors (Lipinski definition) is 7. The molecular weight excluding hydrogens is 462 g/mol. The largest absolute Gasteiger partial charge is 0.497 e. The molecule has 4 aromatic rings. The Labute approximate surface area is 208 Å². The van der Waals surface area contributed by atoms with Gasteiger partial charge < -0.3 is 14.8 Å². The highest BCUT2D eigenvalue weighted by Gasteiger charge is 2.31. The molecule has 1 N–H and O–H groups in total. The fourth-order valence-electron chi connectivity index (χ4n) is 4.03. The van der Waals surface area contributed by atoms with Crippen molar-refractivity contribution in [1.82, 2.24) is 19.6 Å². The minimum atomic E-state index is -0.405. The van der Waals surface area contributed by atoms with Crippen LogP contribution in [0.2, 0.25) is 0 Å². The standard InChI is InChI=1S/C26H27N5O3S/c1-16(24(32)27-18-8-6-5-7-9-18)35-25-30-29-23-20-15-34-26(2,3)14-21(20)28-22(31(23)25)17-10-12-19(33-4)13-11-17/h5-13,16H,14-15H2,1-4H3,(H,27,32)/t16-/m1/s1. The highest BCUT2D eigenvalue weighted by molar-refractivity contribution is 8.00. The van der Waals surface area contributed by atoms with Gasteiger partial charge in [-0.05, 0) is 57.2 Å². The summed E-state index contributed by atoms with van der Waals surface area (Å²) in [6.45, 7) is 6.39. The summed E-state index contributed by atoms with van der Waals surface area (Å²) in [5.41, 5.74) is 3.95. The summed E-state index contributed by atoms with van der Waals surface area (Å²) in [7, 11) is 1.64. The third kappa shape index (κ3) is 4.74. The van der Waals surface area contributed by atoms with E-state index in [0.717, 1.165) is 34.1 Å². The molecule has 1 atom stereocenters. The SMILES string of the molecule is COc1ccc(-c2nc3c(c4nnc(S[C@H](C)C(=O)Nc5ccccc5)n24)COC(C)(C)C3)cc1. The number of rotatable bonds is 6. The van der Waals surface area contributed by atoms with Gasteiger partial charge in [-0.15, -0.1) is 10.2 Å². The van der Waals surface area contributed by atoms with Crippen LogP contribution < -0.4 is 10.1 Å². The molecule has 0 spiro atoms. The lowest BCUT2D eigenvalue weighted by atomic mass is 9.96. The number of carbonyl (C=O) groups is 1. The molecule has 1 aliphatic rings. The van der Waals surface area contributed by atoms with Crippen LogP contribution in [-0.4, -0.2) is 43.5 Å². The molecule has 1 amide bonds. The van der Waals surface area contributed by atoms with Crippen molar-refractivity contribution in [3.05, 3.63) is 65.9 Å². The number of amides is 1. The number of thioether (sulfide) groups is 1. The molecule has 0 bridgehead atoms. The van der Waals surface area contributed by atoms with Gasteiger partial charge in [0.2, 0.25) is 5.91 Å². The van der Waals surface area contributed by atoms with E-state index in [4.69, 9.17) is 14.5 Å². The van der Waals surface area contributed by atoms with Crippen LogP contribution in [0.15, 0.2) is 59.8 Å². The maximum absolute atomic E-state index is 12.9. The third-order valence-electron chi connectivity index (χ3n) is 5.95. The lowest BCUT2D eigenvalue weighted by molar-refractivity contribution is -0.115. The molecule has 0 saturated carbocycles. The number of hydrogen-bond donors (Lipinski definition) is 1. The predicted octanol–water partition coefficient (Wildman–Crippen LogP) is 4.77. The van der Waals surface area contributed by atoms with Crippen LogP contribution in [0.4, 0.5) is 5.69 Å². The van der Waals surface area contributed by atoms with Crippen molar-refractivity contribution in [3.8, 4) is 17.1 Å². The highest BCUT2D eigenvalue weighted by Crippen LogP contribution is 2.35.